The van der Waals surface area contributed by atoms with E-state index < -0.39 is 8.32 Å². The van der Waals surface area contributed by atoms with Gasteiger partial charge in [0.15, 0.2) is 8.32 Å². The molecule has 0 spiro atoms. The summed E-state index contributed by atoms with van der Waals surface area (Å²) in [6.45, 7) is 11.6. The van der Waals surface area contributed by atoms with Crippen LogP contribution in [0.4, 0.5) is 0 Å². The lowest BCUT2D eigenvalue weighted by molar-refractivity contribution is -0.114. The van der Waals surface area contributed by atoms with Gasteiger partial charge in [0, 0.05) is 12.0 Å². The van der Waals surface area contributed by atoms with Crippen LogP contribution >= 0.6 is 0 Å². The molecule has 0 aromatic carbocycles. The van der Waals surface area contributed by atoms with Crippen LogP contribution in [-0.4, -0.2) is 20.7 Å². The normalized spacial score (nSPS) is 36.9. The Hall–Kier alpha value is -0.153. The molecule has 0 N–H and O–H groups in total. The highest BCUT2D eigenvalue weighted by molar-refractivity contribution is 6.73. The topological polar surface area (TPSA) is 26.3 Å². The van der Waals surface area contributed by atoms with Gasteiger partial charge in [-0.1, -0.05) is 41.0 Å². The first-order chi connectivity index (χ1) is 10.5. The van der Waals surface area contributed by atoms with Crippen LogP contribution in [0.2, 0.25) is 18.1 Å². The Morgan fingerprint density at radius 1 is 1.18 bits per heavy atom. The van der Waals surface area contributed by atoms with Gasteiger partial charge in [0.05, 0.1) is 0 Å². The summed E-state index contributed by atoms with van der Waals surface area (Å²) >= 11 is 0. The first-order valence-electron chi connectivity index (χ1n) is 9.59. The standard InChI is InChI=1S/C19H36O2Si/c1-6-22(7-2,8-3)21-18-10-9-13-19(5)16(15(4)14-20)11-12-17(18)19/h14-18H,6-13H2,1-5H3. The molecule has 2 aliphatic carbocycles. The van der Waals surface area contributed by atoms with Gasteiger partial charge in [-0.2, -0.15) is 0 Å². The Morgan fingerprint density at radius 3 is 2.36 bits per heavy atom. The molecule has 0 saturated heterocycles. The van der Waals surface area contributed by atoms with E-state index in [0.29, 0.717) is 23.4 Å². The maximum absolute atomic E-state index is 11.3. The van der Waals surface area contributed by atoms with Crippen LogP contribution in [-0.2, 0) is 9.22 Å². The fourth-order valence-corrected chi connectivity index (χ4v) is 8.51. The molecule has 0 aromatic rings. The van der Waals surface area contributed by atoms with Crippen molar-refractivity contribution in [2.24, 2.45) is 23.2 Å². The summed E-state index contributed by atoms with van der Waals surface area (Å²) in [5.74, 6) is 1.46. The predicted octanol–water partition coefficient (Wildman–Crippen LogP) is 5.43. The van der Waals surface area contributed by atoms with Gasteiger partial charge in [-0.15, -0.1) is 0 Å². The first-order valence-corrected chi connectivity index (χ1v) is 12.1. The quantitative estimate of drug-likeness (QED) is 0.461. The Morgan fingerprint density at radius 2 is 1.82 bits per heavy atom. The van der Waals surface area contributed by atoms with E-state index in [-0.39, 0.29) is 5.92 Å². The van der Waals surface area contributed by atoms with Gasteiger partial charge in [0.1, 0.15) is 6.29 Å². The maximum Gasteiger partial charge on any atom is 0.192 e. The van der Waals surface area contributed by atoms with E-state index in [1.807, 2.05) is 0 Å². The lowest BCUT2D eigenvalue weighted by Gasteiger charge is -2.48. The van der Waals surface area contributed by atoms with Crippen LogP contribution < -0.4 is 0 Å². The molecule has 0 aliphatic heterocycles. The van der Waals surface area contributed by atoms with Crippen molar-refractivity contribution >= 4 is 14.6 Å². The van der Waals surface area contributed by atoms with Crippen molar-refractivity contribution in [1.82, 2.24) is 0 Å². The van der Waals surface area contributed by atoms with Crippen LogP contribution in [0, 0.1) is 23.2 Å². The highest BCUT2D eigenvalue weighted by Crippen LogP contribution is 2.58. The molecule has 0 amide bonds. The fourth-order valence-electron chi connectivity index (χ4n) is 5.58. The van der Waals surface area contributed by atoms with E-state index in [9.17, 15) is 4.79 Å². The van der Waals surface area contributed by atoms with Gasteiger partial charge in [-0.25, -0.2) is 0 Å². The molecule has 128 valence electrons. The minimum Gasteiger partial charge on any atom is -0.414 e. The third-order valence-electron chi connectivity index (χ3n) is 7.32. The zero-order chi connectivity index (χ0) is 16.4. The molecule has 2 nitrogen and oxygen atoms in total. The van der Waals surface area contributed by atoms with Crippen molar-refractivity contribution in [3.05, 3.63) is 0 Å². The molecule has 3 heteroatoms. The van der Waals surface area contributed by atoms with Gasteiger partial charge in [-0.3, -0.25) is 0 Å². The number of rotatable bonds is 7. The molecular formula is C19H36O2Si. The molecule has 0 radical (unpaired) electrons. The predicted molar refractivity (Wildman–Crippen MR) is 95.5 cm³/mol. The number of carbonyl (C=O) groups is 1. The molecular weight excluding hydrogens is 288 g/mol. The third kappa shape index (κ3) is 3.08. The molecule has 5 unspecified atom stereocenters. The molecule has 0 bridgehead atoms. The molecule has 0 heterocycles. The van der Waals surface area contributed by atoms with Crippen molar-refractivity contribution in [3.8, 4) is 0 Å². The van der Waals surface area contributed by atoms with Crippen molar-refractivity contribution < 1.29 is 9.22 Å². The average molecular weight is 325 g/mol. The van der Waals surface area contributed by atoms with Crippen LogP contribution in [0.25, 0.3) is 0 Å². The summed E-state index contributed by atoms with van der Waals surface area (Å²) in [7, 11) is -1.52. The highest BCUT2D eigenvalue weighted by atomic mass is 28.4. The van der Waals surface area contributed by atoms with Crippen LogP contribution in [0.1, 0.15) is 66.7 Å². The van der Waals surface area contributed by atoms with E-state index in [1.165, 1.54) is 56.5 Å². The van der Waals surface area contributed by atoms with Crippen molar-refractivity contribution in [2.75, 3.05) is 0 Å². The number of fused-ring (bicyclic) bond motifs is 1. The number of hydrogen-bond acceptors (Lipinski definition) is 2. The smallest absolute Gasteiger partial charge is 0.192 e. The fraction of sp³-hybridized carbons (Fsp3) is 0.947. The van der Waals surface area contributed by atoms with Crippen molar-refractivity contribution in [3.63, 3.8) is 0 Å². The van der Waals surface area contributed by atoms with E-state index >= 15 is 0 Å². The Kier molecular flexibility index (Phi) is 5.93. The number of aldehydes is 1. The van der Waals surface area contributed by atoms with E-state index in [0.717, 1.165) is 0 Å². The summed E-state index contributed by atoms with van der Waals surface area (Å²) in [6, 6.07) is 3.73. The number of carbonyl (C=O) groups excluding carboxylic acids is 1. The lowest BCUT2D eigenvalue weighted by atomic mass is 9.62. The van der Waals surface area contributed by atoms with Gasteiger partial charge in [-0.05, 0) is 61.1 Å². The zero-order valence-electron chi connectivity index (χ0n) is 15.4. The molecule has 0 aromatic heterocycles. The summed E-state index contributed by atoms with van der Waals surface area (Å²) in [6.07, 6.45) is 7.96. The first kappa shape index (κ1) is 18.2. The Balaban J connectivity index is 2.17. The molecule has 2 saturated carbocycles. The monoisotopic (exact) mass is 324 g/mol. The van der Waals surface area contributed by atoms with Gasteiger partial charge < -0.3 is 9.22 Å². The molecule has 5 atom stereocenters. The second-order valence-electron chi connectivity index (χ2n) is 8.08. The largest absolute Gasteiger partial charge is 0.414 e. The summed E-state index contributed by atoms with van der Waals surface area (Å²) in [4.78, 5) is 11.3. The number of hydrogen-bond donors (Lipinski definition) is 0. The van der Waals surface area contributed by atoms with Gasteiger partial charge >= 0.3 is 0 Å². The zero-order valence-corrected chi connectivity index (χ0v) is 16.4. The summed E-state index contributed by atoms with van der Waals surface area (Å²) in [5, 5.41) is 0. The Bertz CT molecular complexity index is 371. The molecule has 2 fully saturated rings. The molecule has 2 rings (SSSR count). The van der Waals surface area contributed by atoms with Gasteiger partial charge in [0.25, 0.3) is 0 Å². The highest BCUT2D eigenvalue weighted by Gasteiger charge is 2.53. The maximum atomic E-state index is 11.3. The van der Waals surface area contributed by atoms with E-state index in [1.54, 1.807) is 0 Å². The lowest BCUT2D eigenvalue weighted by Crippen LogP contribution is -2.48. The van der Waals surface area contributed by atoms with E-state index in [2.05, 4.69) is 34.6 Å². The van der Waals surface area contributed by atoms with Crippen LogP contribution in [0.5, 0.6) is 0 Å². The second kappa shape index (κ2) is 7.17. The van der Waals surface area contributed by atoms with Crippen molar-refractivity contribution in [1.29, 1.82) is 0 Å². The average Bonchev–Trinajstić information content (AvgIpc) is 2.90. The van der Waals surface area contributed by atoms with Crippen molar-refractivity contribution in [2.45, 2.75) is 91.0 Å². The van der Waals surface area contributed by atoms with E-state index in [4.69, 9.17) is 4.43 Å². The molecule has 22 heavy (non-hydrogen) atoms. The molecule has 2 aliphatic rings. The summed E-state index contributed by atoms with van der Waals surface area (Å²) in [5.41, 5.74) is 0.332. The minimum absolute atomic E-state index is 0.208. The van der Waals surface area contributed by atoms with Gasteiger partial charge in [0.2, 0.25) is 0 Å². The van der Waals surface area contributed by atoms with Crippen LogP contribution in [0.15, 0.2) is 0 Å². The third-order valence-corrected chi connectivity index (χ3v) is 12.0. The Labute approximate surface area is 138 Å². The minimum atomic E-state index is -1.52. The van der Waals surface area contributed by atoms with Crippen LogP contribution in [0.3, 0.4) is 0 Å². The SMILES string of the molecule is CC[Si](CC)(CC)OC1CCCC2(C)C(C(C)C=O)CCC12. The summed E-state index contributed by atoms with van der Waals surface area (Å²) < 4.78 is 6.92. The second-order valence-corrected chi connectivity index (χ2v) is 12.8.